The smallest absolute Gasteiger partial charge is 0.293 e. The van der Waals surface area contributed by atoms with E-state index < -0.39 is 4.92 Å². The van der Waals surface area contributed by atoms with Crippen molar-refractivity contribution in [1.82, 2.24) is 9.80 Å². The number of nitro benzene ring substituents is 1. The number of rotatable bonds is 6. The highest BCUT2D eigenvalue weighted by atomic mass is 16.6. The van der Waals surface area contributed by atoms with Gasteiger partial charge in [-0.2, -0.15) is 0 Å². The number of hydrogen-bond acceptors (Lipinski definition) is 6. The monoisotopic (exact) mass is 437 g/mol. The van der Waals surface area contributed by atoms with E-state index in [-0.39, 0.29) is 17.2 Å². The van der Waals surface area contributed by atoms with Crippen molar-refractivity contribution in [2.45, 2.75) is 25.8 Å². The molecule has 2 aromatic carbocycles. The Kier molecular flexibility index (Phi) is 7.02. The first-order chi connectivity index (χ1) is 15.5. The van der Waals surface area contributed by atoms with Crippen molar-refractivity contribution in [3.63, 3.8) is 0 Å². The largest absolute Gasteiger partial charge is 0.363 e. The van der Waals surface area contributed by atoms with Gasteiger partial charge in [-0.3, -0.25) is 19.8 Å². The lowest BCUT2D eigenvalue weighted by Gasteiger charge is -2.33. The summed E-state index contributed by atoms with van der Waals surface area (Å²) in [5.74, 6) is -0.346. The number of carbonyl (C=O) groups excluding carboxylic acids is 1. The molecule has 0 bridgehead atoms. The van der Waals surface area contributed by atoms with Gasteiger partial charge in [-0.25, -0.2) is 0 Å². The number of nitrogens with zero attached hydrogens (tertiary/aromatic N) is 4. The third-order valence-electron chi connectivity index (χ3n) is 6.34. The molecule has 2 aliphatic heterocycles. The average molecular weight is 438 g/mol. The lowest BCUT2D eigenvalue weighted by atomic mass is 10.1. The normalized spacial score (nSPS) is 17.8. The van der Waals surface area contributed by atoms with Crippen molar-refractivity contribution in [3.8, 4) is 0 Å². The number of amides is 1. The molecule has 1 amide bonds. The molecule has 2 saturated heterocycles. The van der Waals surface area contributed by atoms with Crippen LogP contribution >= 0.6 is 0 Å². The van der Waals surface area contributed by atoms with Crippen molar-refractivity contribution in [1.29, 1.82) is 0 Å². The van der Waals surface area contributed by atoms with Gasteiger partial charge in [0, 0.05) is 50.0 Å². The first-order valence-electron chi connectivity index (χ1n) is 11.3. The van der Waals surface area contributed by atoms with Gasteiger partial charge in [-0.05, 0) is 62.8 Å². The van der Waals surface area contributed by atoms with Gasteiger partial charge in [0.1, 0.15) is 5.69 Å². The number of anilines is 2. The van der Waals surface area contributed by atoms with Crippen LogP contribution < -0.4 is 10.2 Å². The maximum absolute atomic E-state index is 12.8. The Morgan fingerprint density at radius 2 is 1.66 bits per heavy atom. The highest BCUT2D eigenvalue weighted by molar-refractivity contribution is 6.05. The molecule has 1 N–H and O–H groups in total. The number of likely N-dealkylation sites (N-methyl/N-ethyl adjacent to an activating group) is 1. The summed E-state index contributed by atoms with van der Waals surface area (Å²) < 4.78 is 0. The van der Waals surface area contributed by atoms with Gasteiger partial charge in [0.2, 0.25) is 0 Å². The molecular formula is C24H31N5O3. The first-order valence-corrected chi connectivity index (χ1v) is 11.3. The number of carbonyl (C=O) groups is 1. The van der Waals surface area contributed by atoms with Crippen molar-refractivity contribution in [2.75, 3.05) is 56.5 Å². The molecule has 0 aromatic heterocycles. The number of nitrogens with one attached hydrogen (secondary N) is 1. The van der Waals surface area contributed by atoms with Gasteiger partial charge in [0.25, 0.3) is 11.6 Å². The first kappa shape index (κ1) is 22.2. The minimum atomic E-state index is -0.403. The van der Waals surface area contributed by atoms with Gasteiger partial charge in [0.05, 0.1) is 4.92 Å². The number of hydrogen-bond donors (Lipinski definition) is 1. The maximum atomic E-state index is 12.8. The molecule has 0 saturated carbocycles. The Labute approximate surface area is 189 Å². The zero-order valence-corrected chi connectivity index (χ0v) is 18.6. The van der Waals surface area contributed by atoms with Crippen LogP contribution in [0.4, 0.5) is 17.1 Å². The van der Waals surface area contributed by atoms with Gasteiger partial charge in [-0.15, -0.1) is 0 Å². The molecule has 32 heavy (non-hydrogen) atoms. The van der Waals surface area contributed by atoms with Crippen LogP contribution in [0.25, 0.3) is 0 Å². The highest BCUT2D eigenvalue weighted by Crippen LogP contribution is 2.30. The van der Waals surface area contributed by atoms with E-state index in [4.69, 9.17) is 0 Å². The zero-order valence-electron chi connectivity index (χ0n) is 18.6. The molecule has 0 spiro atoms. The summed E-state index contributed by atoms with van der Waals surface area (Å²) in [6.07, 6.45) is 3.83. The highest BCUT2D eigenvalue weighted by Gasteiger charge is 2.24. The standard InChI is InChI=1S/C24H31N5O3/c1-26-13-15-28(16-14-26)22-10-7-20(17-23(22)29(31)32)24(30)25-21-8-5-19(6-9-21)18-27-11-3-2-4-12-27/h5-10,17H,2-4,11-16,18H2,1H3,(H,25,30). The number of benzene rings is 2. The molecule has 0 aliphatic carbocycles. The fourth-order valence-corrected chi connectivity index (χ4v) is 4.40. The van der Waals surface area contributed by atoms with E-state index >= 15 is 0 Å². The predicted molar refractivity (Wildman–Crippen MR) is 126 cm³/mol. The van der Waals surface area contributed by atoms with Crippen LogP contribution in [-0.4, -0.2) is 66.9 Å². The van der Waals surface area contributed by atoms with Crippen LogP contribution in [0, 0.1) is 10.1 Å². The zero-order chi connectivity index (χ0) is 22.5. The maximum Gasteiger partial charge on any atom is 0.293 e. The number of likely N-dealkylation sites (tertiary alicyclic amines) is 1. The van der Waals surface area contributed by atoms with Crippen LogP contribution in [0.5, 0.6) is 0 Å². The number of piperidine rings is 1. The second-order valence-corrected chi connectivity index (χ2v) is 8.74. The van der Waals surface area contributed by atoms with E-state index in [0.717, 1.165) is 45.8 Å². The molecule has 2 fully saturated rings. The molecule has 8 nitrogen and oxygen atoms in total. The predicted octanol–water partition coefficient (Wildman–Crippen LogP) is 3.58. The van der Waals surface area contributed by atoms with Crippen molar-refractivity contribution in [2.24, 2.45) is 0 Å². The van der Waals surface area contributed by atoms with Gasteiger partial charge in [0.15, 0.2) is 0 Å². The summed E-state index contributed by atoms with van der Waals surface area (Å²) in [7, 11) is 2.04. The summed E-state index contributed by atoms with van der Waals surface area (Å²) in [6, 6.07) is 12.6. The van der Waals surface area contributed by atoms with E-state index in [2.05, 4.69) is 15.1 Å². The van der Waals surface area contributed by atoms with E-state index in [1.807, 2.05) is 36.2 Å². The van der Waals surface area contributed by atoms with Gasteiger partial charge < -0.3 is 15.1 Å². The van der Waals surface area contributed by atoms with E-state index in [0.29, 0.717) is 11.4 Å². The Hall–Kier alpha value is -2.97. The van der Waals surface area contributed by atoms with Crippen molar-refractivity contribution >= 4 is 23.0 Å². The van der Waals surface area contributed by atoms with E-state index in [9.17, 15) is 14.9 Å². The van der Waals surface area contributed by atoms with Crippen molar-refractivity contribution in [3.05, 3.63) is 63.7 Å². The Balaban J connectivity index is 1.42. The average Bonchev–Trinajstić information content (AvgIpc) is 2.81. The quantitative estimate of drug-likeness (QED) is 0.549. The Bertz CT molecular complexity index is 949. The van der Waals surface area contributed by atoms with Crippen LogP contribution in [0.3, 0.4) is 0 Å². The molecule has 0 radical (unpaired) electrons. The molecule has 170 valence electrons. The Morgan fingerprint density at radius 1 is 0.969 bits per heavy atom. The van der Waals surface area contributed by atoms with Crippen LogP contribution in [0.15, 0.2) is 42.5 Å². The minimum Gasteiger partial charge on any atom is -0.363 e. The lowest BCUT2D eigenvalue weighted by molar-refractivity contribution is -0.384. The van der Waals surface area contributed by atoms with Crippen LogP contribution in [0.2, 0.25) is 0 Å². The Morgan fingerprint density at radius 3 is 2.31 bits per heavy atom. The molecule has 4 rings (SSSR count). The number of nitro groups is 1. The molecular weight excluding hydrogens is 406 g/mol. The molecule has 2 heterocycles. The summed E-state index contributed by atoms with van der Waals surface area (Å²) in [4.78, 5) is 30.7. The fraction of sp³-hybridized carbons (Fsp3) is 0.458. The summed E-state index contributed by atoms with van der Waals surface area (Å²) in [6.45, 7) is 6.37. The minimum absolute atomic E-state index is 0.0286. The second-order valence-electron chi connectivity index (χ2n) is 8.74. The SMILES string of the molecule is CN1CCN(c2ccc(C(=O)Nc3ccc(CN4CCCCC4)cc3)cc2[N+](=O)[O-])CC1. The summed E-state index contributed by atoms with van der Waals surface area (Å²) in [5.41, 5.74) is 2.73. The molecule has 0 atom stereocenters. The summed E-state index contributed by atoms with van der Waals surface area (Å²) in [5, 5.41) is 14.6. The van der Waals surface area contributed by atoms with Crippen LogP contribution in [-0.2, 0) is 6.54 Å². The van der Waals surface area contributed by atoms with E-state index in [1.54, 1.807) is 12.1 Å². The second kappa shape index (κ2) is 10.1. The fourth-order valence-electron chi connectivity index (χ4n) is 4.40. The molecule has 0 unspecified atom stereocenters. The molecule has 2 aliphatic rings. The van der Waals surface area contributed by atoms with E-state index in [1.165, 1.54) is 30.9 Å². The number of piperazine rings is 1. The van der Waals surface area contributed by atoms with Gasteiger partial charge in [-0.1, -0.05) is 18.6 Å². The van der Waals surface area contributed by atoms with Crippen LogP contribution in [0.1, 0.15) is 35.2 Å². The third kappa shape index (κ3) is 5.44. The topological polar surface area (TPSA) is 82.0 Å². The molecule has 8 heteroatoms. The summed E-state index contributed by atoms with van der Waals surface area (Å²) >= 11 is 0. The lowest BCUT2D eigenvalue weighted by Crippen LogP contribution is -2.44. The third-order valence-corrected chi connectivity index (χ3v) is 6.34. The molecule has 2 aromatic rings. The van der Waals surface area contributed by atoms with Gasteiger partial charge >= 0.3 is 0 Å². The van der Waals surface area contributed by atoms with Crippen molar-refractivity contribution < 1.29 is 9.72 Å².